The first-order valence-electron chi connectivity index (χ1n) is 25.3. The Labute approximate surface area is 463 Å². The van der Waals surface area contributed by atoms with Gasteiger partial charge in [-0.2, -0.15) is 0 Å². The summed E-state index contributed by atoms with van der Waals surface area (Å²) in [6, 6.07) is 53.8. The molecule has 0 radical (unpaired) electrons. The molecule has 0 aromatic heterocycles. The highest BCUT2D eigenvalue weighted by atomic mass is 16.8. The lowest BCUT2D eigenvalue weighted by atomic mass is 9.95. The SMILES string of the molecule is O=CO[C@@H]1O[C@H](COC(=O)c2ccccc2)[C@@H](O[C@@H]2O[C@H](COC(=O)c3ccccc3)[C@@H](OC(=O)c3ccccc3)[C@H](OC(=O)c3ccccc3)[C@H]2OC(=O)c2ccccc2)[C@H](OC(=O)c2ccccc2)[C@H]1OC(=O)c1ccccc1. The monoisotopic (exact) mass is 1100 g/mol. The molecule has 7 aromatic rings. The van der Waals surface area contributed by atoms with Crippen molar-refractivity contribution >= 4 is 48.3 Å². The topological polar surface area (TPSA) is 238 Å². The standard InChI is InChI=1S/C62H50O19/c63-38-73-61-52(79-59(69)44-32-18-6-19-33-44)51(78-58(68)43-30-16-5-17-31-43)49(47(74-61)37-72-55(65)40-24-10-2-11-25-40)81-62-53(80-60(70)45-34-20-7-21-35-45)50(77-57(67)42-28-14-4-15-29-42)48(76-56(66)41-26-12-3-13-27-41)46(75-62)36-71-54(64)39-22-8-1-9-23-39/h1-35,38,46-53,61-62H,36-37H2/t46-,47-,48-,49-,50+,51+,52-,53-,61-,62+/m1/s1. The first-order chi connectivity index (χ1) is 39.5. The Morgan fingerprint density at radius 2 is 0.556 bits per heavy atom. The van der Waals surface area contributed by atoms with Crippen molar-refractivity contribution in [3.8, 4) is 0 Å². The summed E-state index contributed by atoms with van der Waals surface area (Å²) in [6.45, 7) is -1.55. The van der Waals surface area contributed by atoms with Gasteiger partial charge in [0.15, 0.2) is 30.7 Å². The summed E-state index contributed by atoms with van der Waals surface area (Å²) >= 11 is 0. The van der Waals surface area contributed by atoms with Gasteiger partial charge in [-0.1, -0.05) is 127 Å². The highest BCUT2D eigenvalue weighted by Crippen LogP contribution is 2.37. The molecule has 2 aliphatic heterocycles. The van der Waals surface area contributed by atoms with Crippen LogP contribution in [-0.4, -0.2) is 123 Å². The second-order valence-corrected chi connectivity index (χ2v) is 18.0. The van der Waals surface area contributed by atoms with Gasteiger partial charge in [0.25, 0.3) is 6.47 Å². The molecule has 0 amide bonds. The van der Waals surface area contributed by atoms with Gasteiger partial charge in [0.2, 0.25) is 12.4 Å². The van der Waals surface area contributed by atoms with Crippen LogP contribution in [0.25, 0.3) is 0 Å². The lowest BCUT2D eigenvalue weighted by Crippen LogP contribution is -2.67. The average molecular weight is 1100 g/mol. The lowest BCUT2D eigenvalue weighted by molar-refractivity contribution is -0.351. The zero-order chi connectivity index (χ0) is 56.5. The van der Waals surface area contributed by atoms with Gasteiger partial charge in [0, 0.05) is 0 Å². The molecular weight excluding hydrogens is 1050 g/mol. The number of rotatable bonds is 20. The Balaban J connectivity index is 1.20. The summed E-state index contributed by atoms with van der Waals surface area (Å²) in [6.07, 6.45) is -19.0. The highest BCUT2D eigenvalue weighted by Gasteiger charge is 2.59. The van der Waals surface area contributed by atoms with Crippen LogP contribution in [0.5, 0.6) is 0 Å². The zero-order valence-corrected chi connectivity index (χ0v) is 42.7. The van der Waals surface area contributed by atoms with Crippen LogP contribution in [0.3, 0.4) is 0 Å². The van der Waals surface area contributed by atoms with Crippen molar-refractivity contribution in [2.24, 2.45) is 0 Å². The van der Waals surface area contributed by atoms with Crippen LogP contribution >= 0.6 is 0 Å². The largest absolute Gasteiger partial charge is 0.459 e. The van der Waals surface area contributed by atoms with Crippen LogP contribution in [0.15, 0.2) is 212 Å². The smallest absolute Gasteiger partial charge is 0.338 e. The maximum absolute atomic E-state index is 14.5. The molecule has 2 aliphatic rings. The number of hydrogen-bond acceptors (Lipinski definition) is 19. The molecule has 0 bridgehead atoms. The fourth-order valence-corrected chi connectivity index (χ4v) is 8.74. The molecule has 2 heterocycles. The maximum atomic E-state index is 14.5. The average Bonchev–Trinajstić information content (AvgIpc) is 3.71. The molecule has 9 rings (SSSR count). The van der Waals surface area contributed by atoms with Crippen molar-refractivity contribution in [1.82, 2.24) is 0 Å². The summed E-state index contributed by atoms with van der Waals surface area (Å²) in [5.41, 5.74) is 0.193. The van der Waals surface area contributed by atoms with Gasteiger partial charge in [-0.25, -0.2) is 33.6 Å². The molecule has 2 fully saturated rings. The third-order valence-corrected chi connectivity index (χ3v) is 12.7. The molecule has 2 saturated heterocycles. The van der Waals surface area contributed by atoms with Crippen LogP contribution in [-0.2, 0) is 56.9 Å². The minimum Gasteiger partial charge on any atom is -0.459 e. The maximum Gasteiger partial charge on any atom is 0.338 e. The van der Waals surface area contributed by atoms with Gasteiger partial charge in [0.05, 0.1) is 38.9 Å². The number of benzene rings is 7. The Morgan fingerprint density at radius 3 is 0.877 bits per heavy atom. The van der Waals surface area contributed by atoms with Gasteiger partial charge in [0.1, 0.15) is 31.5 Å². The molecule has 19 nitrogen and oxygen atoms in total. The molecule has 10 atom stereocenters. The molecule has 7 aromatic carbocycles. The van der Waals surface area contributed by atoms with Crippen LogP contribution in [0, 0.1) is 0 Å². The molecule has 0 spiro atoms. The predicted molar refractivity (Wildman–Crippen MR) is 281 cm³/mol. The molecule has 0 saturated carbocycles. The van der Waals surface area contributed by atoms with E-state index < -0.39 is 116 Å². The first-order valence-corrected chi connectivity index (χ1v) is 25.3. The van der Waals surface area contributed by atoms with E-state index in [4.69, 9.17) is 52.1 Å². The van der Waals surface area contributed by atoms with Crippen molar-refractivity contribution in [3.05, 3.63) is 251 Å². The van der Waals surface area contributed by atoms with E-state index in [9.17, 15) is 38.4 Å². The van der Waals surface area contributed by atoms with Crippen molar-refractivity contribution in [3.63, 3.8) is 0 Å². The number of hydrogen-bond donors (Lipinski definition) is 0. The third-order valence-electron chi connectivity index (χ3n) is 12.7. The fourth-order valence-electron chi connectivity index (χ4n) is 8.74. The first kappa shape index (κ1) is 55.9. The molecule has 0 N–H and O–H groups in total. The van der Waals surface area contributed by atoms with Crippen molar-refractivity contribution in [2.45, 2.75) is 61.4 Å². The second kappa shape index (κ2) is 27.2. The van der Waals surface area contributed by atoms with Gasteiger partial charge < -0.3 is 52.1 Å². The Kier molecular flexibility index (Phi) is 18.8. The third kappa shape index (κ3) is 14.3. The van der Waals surface area contributed by atoms with Crippen LogP contribution in [0.4, 0.5) is 0 Å². The number of ether oxygens (including phenoxy) is 11. The molecular formula is C62H50O19. The van der Waals surface area contributed by atoms with E-state index in [1.165, 1.54) is 84.9 Å². The summed E-state index contributed by atoms with van der Waals surface area (Å²) in [7, 11) is 0. The van der Waals surface area contributed by atoms with Crippen LogP contribution in [0.1, 0.15) is 72.5 Å². The second-order valence-electron chi connectivity index (χ2n) is 18.0. The van der Waals surface area contributed by atoms with Gasteiger partial charge in [-0.3, -0.25) is 4.79 Å². The minimum absolute atomic E-state index is 0.00225. The minimum atomic E-state index is -2.11. The molecule has 81 heavy (non-hydrogen) atoms. The number of esters is 7. The van der Waals surface area contributed by atoms with E-state index >= 15 is 0 Å². The van der Waals surface area contributed by atoms with Gasteiger partial charge in [-0.15, -0.1) is 0 Å². The van der Waals surface area contributed by atoms with E-state index in [0.29, 0.717) is 0 Å². The Bertz CT molecular complexity index is 3240. The Hall–Kier alpha value is -9.82. The predicted octanol–water partition coefficient (Wildman–Crippen LogP) is 7.84. The number of carbonyl (C=O) groups excluding carboxylic acids is 8. The Morgan fingerprint density at radius 1 is 0.309 bits per heavy atom. The van der Waals surface area contributed by atoms with Crippen LogP contribution < -0.4 is 0 Å². The van der Waals surface area contributed by atoms with Crippen LogP contribution in [0.2, 0.25) is 0 Å². The van der Waals surface area contributed by atoms with Crippen molar-refractivity contribution < 1.29 is 90.5 Å². The van der Waals surface area contributed by atoms with Crippen molar-refractivity contribution in [1.29, 1.82) is 0 Å². The summed E-state index contributed by atoms with van der Waals surface area (Å²) in [5.74, 6) is -6.83. The van der Waals surface area contributed by atoms with E-state index in [1.807, 2.05) is 0 Å². The lowest BCUT2D eigenvalue weighted by Gasteiger charge is -2.48. The van der Waals surface area contributed by atoms with Gasteiger partial charge in [-0.05, 0) is 84.9 Å². The summed E-state index contributed by atoms with van der Waals surface area (Å²) in [5, 5.41) is 0. The summed E-state index contributed by atoms with van der Waals surface area (Å²) in [4.78, 5) is 112. The molecule has 412 valence electrons. The van der Waals surface area contributed by atoms with E-state index in [2.05, 4.69) is 0 Å². The molecule has 0 aliphatic carbocycles. The van der Waals surface area contributed by atoms with E-state index in [1.54, 1.807) is 127 Å². The quantitative estimate of drug-likeness (QED) is 0.0401. The zero-order valence-electron chi connectivity index (χ0n) is 42.7. The van der Waals surface area contributed by atoms with Crippen molar-refractivity contribution in [2.75, 3.05) is 13.2 Å². The normalized spacial score (nSPS) is 22.0. The molecule has 0 unspecified atom stereocenters. The molecule has 19 heteroatoms. The summed E-state index contributed by atoms with van der Waals surface area (Å²) < 4.78 is 68.0. The number of carbonyl (C=O) groups is 8. The highest BCUT2D eigenvalue weighted by molar-refractivity contribution is 5.93. The van der Waals surface area contributed by atoms with E-state index in [0.717, 1.165) is 0 Å². The van der Waals surface area contributed by atoms with Gasteiger partial charge >= 0.3 is 41.8 Å². The van der Waals surface area contributed by atoms with E-state index in [-0.39, 0.29) is 45.4 Å². The fraction of sp³-hybridized carbons (Fsp3) is 0.194.